The topological polar surface area (TPSA) is 78.0 Å². The van der Waals surface area contributed by atoms with Gasteiger partial charge in [-0.2, -0.15) is 0 Å². The number of nitrogens with zero attached hydrogens (tertiary/aromatic N) is 3. The molecule has 3 heterocycles. The Morgan fingerprint density at radius 2 is 1.70 bits per heavy atom. The summed E-state index contributed by atoms with van der Waals surface area (Å²) in [5.74, 6) is -3.04. The number of likely N-dealkylation sites (tertiary alicyclic amines) is 2. The van der Waals surface area contributed by atoms with E-state index in [9.17, 15) is 19.2 Å². The van der Waals surface area contributed by atoms with E-state index in [1.165, 1.54) is 7.05 Å². The van der Waals surface area contributed by atoms with E-state index >= 15 is 0 Å². The van der Waals surface area contributed by atoms with Crippen molar-refractivity contribution in [3.05, 3.63) is 70.7 Å². The molecule has 5 rings (SSSR count). The lowest BCUT2D eigenvalue weighted by Gasteiger charge is -2.49. The lowest BCUT2D eigenvalue weighted by atomic mass is 9.75. The molecule has 3 unspecified atom stereocenters. The first-order chi connectivity index (χ1) is 15.8. The average Bonchev–Trinajstić information content (AvgIpc) is 3.19. The van der Waals surface area contributed by atoms with Crippen LogP contribution in [0.15, 0.2) is 54.6 Å². The second-order valence-corrected chi connectivity index (χ2v) is 9.36. The molecule has 0 N–H and O–H groups in total. The van der Waals surface area contributed by atoms with Gasteiger partial charge in [-0.1, -0.05) is 41.9 Å². The molecular formula is C25H24ClN3O4. The molecule has 0 aliphatic carbocycles. The number of halogens is 1. The van der Waals surface area contributed by atoms with Gasteiger partial charge in [-0.15, -0.1) is 0 Å². The highest BCUT2D eigenvalue weighted by Gasteiger charge is 2.74. The van der Waals surface area contributed by atoms with Crippen LogP contribution in [0.5, 0.6) is 0 Å². The highest BCUT2D eigenvalue weighted by atomic mass is 35.5. The van der Waals surface area contributed by atoms with E-state index in [-0.39, 0.29) is 30.7 Å². The molecule has 0 spiro atoms. The van der Waals surface area contributed by atoms with Crippen molar-refractivity contribution >= 4 is 35.2 Å². The molecule has 8 heteroatoms. The Balaban J connectivity index is 1.72. The zero-order valence-corrected chi connectivity index (χ0v) is 19.2. The number of hydrogen-bond donors (Lipinski definition) is 0. The van der Waals surface area contributed by atoms with Gasteiger partial charge < -0.3 is 9.80 Å². The summed E-state index contributed by atoms with van der Waals surface area (Å²) in [6.07, 6.45) is 0.160. The van der Waals surface area contributed by atoms with Crippen LogP contribution in [0.1, 0.15) is 22.8 Å². The Morgan fingerprint density at radius 3 is 2.33 bits per heavy atom. The van der Waals surface area contributed by atoms with Gasteiger partial charge in [0.2, 0.25) is 17.7 Å². The second kappa shape index (κ2) is 7.70. The fourth-order valence-electron chi connectivity index (χ4n) is 5.86. The molecule has 4 amide bonds. The predicted molar refractivity (Wildman–Crippen MR) is 121 cm³/mol. The molecule has 3 saturated heterocycles. The van der Waals surface area contributed by atoms with Crippen molar-refractivity contribution in [1.82, 2.24) is 14.7 Å². The van der Waals surface area contributed by atoms with Crippen molar-refractivity contribution < 1.29 is 19.2 Å². The maximum Gasteiger partial charge on any atom is 0.255 e. The molecule has 3 aliphatic rings. The summed E-state index contributed by atoms with van der Waals surface area (Å²) in [4.78, 5) is 58.9. The minimum atomic E-state index is -1.47. The lowest BCUT2D eigenvalue weighted by molar-refractivity contribution is -0.155. The highest BCUT2D eigenvalue weighted by molar-refractivity contribution is 6.30. The lowest BCUT2D eigenvalue weighted by Crippen LogP contribution is -2.70. The van der Waals surface area contributed by atoms with E-state index in [2.05, 4.69) is 0 Å². The van der Waals surface area contributed by atoms with Crippen molar-refractivity contribution in [2.75, 3.05) is 20.1 Å². The van der Waals surface area contributed by atoms with Crippen LogP contribution in [-0.2, 0) is 20.8 Å². The van der Waals surface area contributed by atoms with Crippen molar-refractivity contribution in [3.8, 4) is 0 Å². The Morgan fingerprint density at radius 1 is 1.03 bits per heavy atom. The molecule has 4 atom stereocenters. The van der Waals surface area contributed by atoms with E-state index in [1.54, 1.807) is 34.1 Å². The van der Waals surface area contributed by atoms with E-state index < -0.39 is 29.3 Å². The second-order valence-electron chi connectivity index (χ2n) is 8.92. The summed E-state index contributed by atoms with van der Waals surface area (Å²) < 4.78 is 0. The smallest absolute Gasteiger partial charge is 0.255 e. The van der Waals surface area contributed by atoms with Gasteiger partial charge in [-0.25, -0.2) is 0 Å². The third-order valence-corrected chi connectivity index (χ3v) is 7.59. The number of benzene rings is 2. The number of rotatable bonds is 4. The van der Waals surface area contributed by atoms with Crippen molar-refractivity contribution in [2.45, 2.75) is 24.9 Å². The van der Waals surface area contributed by atoms with Gasteiger partial charge in [0.25, 0.3) is 5.91 Å². The van der Waals surface area contributed by atoms with E-state index in [0.29, 0.717) is 17.1 Å². The maximum atomic E-state index is 14.1. The Kier molecular flexibility index (Phi) is 5.05. The molecular weight excluding hydrogens is 442 g/mol. The molecule has 0 saturated carbocycles. The summed E-state index contributed by atoms with van der Waals surface area (Å²) in [7, 11) is 1.46. The van der Waals surface area contributed by atoms with Crippen LogP contribution in [0.25, 0.3) is 0 Å². The third kappa shape index (κ3) is 2.95. The molecule has 2 bridgehead atoms. The molecule has 33 heavy (non-hydrogen) atoms. The van der Waals surface area contributed by atoms with Crippen LogP contribution in [0, 0.1) is 11.8 Å². The van der Waals surface area contributed by atoms with Gasteiger partial charge in [0.05, 0.1) is 17.9 Å². The zero-order chi connectivity index (χ0) is 23.5. The standard InChI is InChI=1S/C25H24ClN3O4/c1-3-28-14-18-19-20(23(32)27(2)22(19)31)25(24(28)33,13-15-7-5-4-6-8-15)29(18)21(30)16-9-11-17(26)12-10-16/h4-12,18-20H,3,13-14H2,1-2H3/t18?,19?,20?,25-/m1/s1. The van der Waals surface area contributed by atoms with E-state index in [4.69, 9.17) is 11.6 Å². The molecule has 2 aromatic carbocycles. The molecule has 3 fully saturated rings. The fourth-order valence-corrected chi connectivity index (χ4v) is 5.99. The quantitative estimate of drug-likeness (QED) is 0.649. The van der Waals surface area contributed by atoms with Crippen LogP contribution >= 0.6 is 11.6 Å². The summed E-state index contributed by atoms with van der Waals surface area (Å²) >= 11 is 6.02. The normalized spacial score (nSPS) is 28.5. The average molecular weight is 466 g/mol. The molecule has 3 aliphatic heterocycles. The van der Waals surface area contributed by atoms with Crippen LogP contribution in [-0.4, -0.2) is 70.0 Å². The monoisotopic (exact) mass is 465 g/mol. The largest absolute Gasteiger partial charge is 0.339 e. The van der Waals surface area contributed by atoms with Crippen LogP contribution in [0.4, 0.5) is 0 Å². The summed E-state index contributed by atoms with van der Waals surface area (Å²) in [6, 6.07) is 15.2. The summed E-state index contributed by atoms with van der Waals surface area (Å²) in [5, 5.41) is 0.490. The summed E-state index contributed by atoms with van der Waals surface area (Å²) in [5.41, 5.74) is -0.279. The van der Waals surface area contributed by atoms with Gasteiger partial charge in [0, 0.05) is 37.1 Å². The Labute approximate surface area is 196 Å². The summed E-state index contributed by atoms with van der Waals surface area (Å²) in [6.45, 7) is 2.53. The Hall–Kier alpha value is -3.19. The molecule has 7 nitrogen and oxygen atoms in total. The van der Waals surface area contributed by atoms with E-state index in [0.717, 1.165) is 10.5 Å². The Bertz CT molecular complexity index is 1150. The fraction of sp³-hybridized carbons (Fsp3) is 0.360. The maximum absolute atomic E-state index is 14.1. The molecule has 0 radical (unpaired) electrons. The number of likely N-dealkylation sites (N-methyl/N-ethyl adjacent to an activating group) is 1. The zero-order valence-electron chi connectivity index (χ0n) is 18.4. The number of piperazine rings is 1. The van der Waals surface area contributed by atoms with Crippen LogP contribution in [0.3, 0.4) is 0 Å². The molecule has 170 valence electrons. The molecule has 2 aromatic rings. The van der Waals surface area contributed by atoms with Crippen LogP contribution < -0.4 is 0 Å². The van der Waals surface area contributed by atoms with Gasteiger partial charge >= 0.3 is 0 Å². The number of fused-ring (bicyclic) bond motifs is 5. The first kappa shape index (κ1) is 21.6. The van der Waals surface area contributed by atoms with Crippen molar-refractivity contribution in [1.29, 1.82) is 0 Å². The van der Waals surface area contributed by atoms with Crippen LogP contribution in [0.2, 0.25) is 5.02 Å². The number of hydrogen-bond acceptors (Lipinski definition) is 4. The van der Waals surface area contributed by atoms with Crippen molar-refractivity contribution in [3.63, 3.8) is 0 Å². The number of amides is 4. The van der Waals surface area contributed by atoms with Gasteiger partial charge in [0.15, 0.2) is 0 Å². The predicted octanol–water partition coefficient (Wildman–Crippen LogP) is 2.24. The SMILES string of the molecule is CCN1CC2C3C(=O)N(C)C(=O)C3[C@](Cc3ccccc3)(C1=O)N2C(=O)c1ccc(Cl)cc1. The minimum Gasteiger partial charge on any atom is -0.339 e. The number of imide groups is 1. The van der Waals surface area contributed by atoms with Gasteiger partial charge in [-0.3, -0.25) is 24.1 Å². The molecule has 0 aromatic heterocycles. The van der Waals surface area contributed by atoms with Crippen molar-refractivity contribution in [2.24, 2.45) is 11.8 Å². The first-order valence-corrected chi connectivity index (χ1v) is 11.4. The third-order valence-electron chi connectivity index (χ3n) is 7.34. The van der Waals surface area contributed by atoms with E-state index in [1.807, 2.05) is 37.3 Å². The first-order valence-electron chi connectivity index (χ1n) is 11.0. The van der Waals surface area contributed by atoms with Gasteiger partial charge in [0.1, 0.15) is 5.54 Å². The minimum absolute atomic E-state index is 0.160. The number of carbonyl (C=O) groups excluding carboxylic acids is 4. The number of carbonyl (C=O) groups is 4. The van der Waals surface area contributed by atoms with Gasteiger partial charge in [-0.05, 0) is 36.8 Å². The highest BCUT2D eigenvalue weighted by Crippen LogP contribution is 2.53.